The summed E-state index contributed by atoms with van der Waals surface area (Å²) < 4.78 is 28.4. The van der Waals surface area contributed by atoms with Crippen LogP contribution < -0.4 is 4.72 Å². The van der Waals surface area contributed by atoms with E-state index in [2.05, 4.69) is 4.72 Å². The van der Waals surface area contributed by atoms with Crippen LogP contribution in [0.1, 0.15) is 18.4 Å². The van der Waals surface area contributed by atoms with Crippen molar-refractivity contribution < 1.29 is 18.3 Å². The van der Waals surface area contributed by atoms with Gasteiger partial charge in [0.2, 0.25) is 0 Å². The number of anilines is 1. The van der Waals surface area contributed by atoms with Gasteiger partial charge in [-0.2, -0.15) is 12.7 Å². The molecule has 21 heavy (non-hydrogen) atoms. The van der Waals surface area contributed by atoms with Crippen LogP contribution in [-0.4, -0.2) is 36.9 Å². The van der Waals surface area contributed by atoms with Gasteiger partial charge in [-0.15, -0.1) is 0 Å². The van der Waals surface area contributed by atoms with Gasteiger partial charge >= 0.3 is 16.2 Å². The van der Waals surface area contributed by atoms with E-state index in [1.54, 1.807) is 25.1 Å². The lowest BCUT2D eigenvalue weighted by Gasteiger charge is -2.29. The van der Waals surface area contributed by atoms with Crippen LogP contribution in [0.4, 0.5) is 5.69 Å². The molecule has 2 N–H and O–H groups in total. The predicted molar refractivity (Wildman–Crippen MR) is 80.7 cm³/mol. The molecule has 1 saturated heterocycles. The Hall–Kier alpha value is -1.31. The molecule has 1 fully saturated rings. The van der Waals surface area contributed by atoms with Crippen molar-refractivity contribution >= 4 is 33.5 Å². The van der Waals surface area contributed by atoms with E-state index in [1.165, 1.54) is 4.31 Å². The molecule has 2 rings (SSSR count). The minimum Gasteiger partial charge on any atom is -0.481 e. The summed E-state index contributed by atoms with van der Waals surface area (Å²) in [5.41, 5.74) is 1.09. The number of hydrogen-bond acceptors (Lipinski definition) is 3. The minimum atomic E-state index is -3.69. The van der Waals surface area contributed by atoms with Crippen LogP contribution in [0.25, 0.3) is 0 Å². The summed E-state index contributed by atoms with van der Waals surface area (Å²) in [7, 11) is -3.69. The number of carbonyl (C=O) groups is 1. The molecule has 0 saturated carbocycles. The van der Waals surface area contributed by atoms with Crippen molar-refractivity contribution in [3.8, 4) is 0 Å². The van der Waals surface area contributed by atoms with Crippen LogP contribution in [0.15, 0.2) is 18.2 Å². The molecule has 0 unspecified atom stereocenters. The first-order chi connectivity index (χ1) is 9.81. The lowest BCUT2D eigenvalue weighted by molar-refractivity contribution is -0.142. The molecular weight excluding hydrogens is 316 g/mol. The SMILES string of the molecule is Cc1c(Cl)cccc1NS(=O)(=O)N1CCC(C(=O)O)CC1. The van der Waals surface area contributed by atoms with E-state index < -0.39 is 22.1 Å². The number of rotatable bonds is 4. The van der Waals surface area contributed by atoms with E-state index in [0.717, 1.165) is 0 Å². The molecule has 1 aromatic carbocycles. The fraction of sp³-hybridized carbons (Fsp3) is 0.462. The molecule has 0 aromatic heterocycles. The molecule has 1 aliphatic rings. The molecule has 0 amide bonds. The van der Waals surface area contributed by atoms with Crippen molar-refractivity contribution in [1.82, 2.24) is 4.31 Å². The van der Waals surface area contributed by atoms with Gasteiger partial charge in [0.05, 0.1) is 11.6 Å². The molecule has 0 aliphatic carbocycles. The highest BCUT2D eigenvalue weighted by atomic mass is 35.5. The maximum absolute atomic E-state index is 12.3. The highest BCUT2D eigenvalue weighted by Crippen LogP contribution is 2.26. The Balaban J connectivity index is 2.09. The normalized spacial score (nSPS) is 17.6. The summed E-state index contributed by atoms with van der Waals surface area (Å²) in [5.74, 6) is -1.34. The first-order valence-corrected chi connectivity index (χ1v) is 8.39. The van der Waals surface area contributed by atoms with E-state index in [1.807, 2.05) is 0 Å². The fourth-order valence-corrected chi connectivity index (χ4v) is 3.76. The first kappa shape index (κ1) is 16.1. The molecule has 1 aliphatic heterocycles. The monoisotopic (exact) mass is 332 g/mol. The maximum atomic E-state index is 12.3. The second-order valence-electron chi connectivity index (χ2n) is 5.03. The number of aliphatic carboxylic acids is 1. The molecule has 1 aromatic rings. The van der Waals surface area contributed by atoms with E-state index in [9.17, 15) is 13.2 Å². The summed E-state index contributed by atoms with van der Waals surface area (Å²) in [4.78, 5) is 10.9. The summed E-state index contributed by atoms with van der Waals surface area (Å²) in [6.45, 7) is 2.13. The van der Waals surface area contributed by atoms with Crippen molar-refractivity contribution in [3.05, 3.63) is 28.8 Å². The van der Waals surface area contributed by atoms with Gasteiger partial charge in [0.1, 0.15) is 0 Å². The van der Waals surface area contributed by atoms with Crippen LogP contribution in [-0.2, 0) is 15.0 Å². The number of halogens is 1. The van der Waals surface area contributed by atoms with Crippen LogP contribution in [0.3, 0.4) is 0 Å². The zero-order valence-corrected chi connectivity index (χ0v) is 13.1. The molecule has 1 heterocycles. The van der Waals surface area contributed by atoms with Crippen LogP contribution in [0.5, 0.6) is 0 Å². The summed E-state index contributed by atoms with van der Waals surface area (Å²) in [6, 6.07) is 5.00. The third-order valence-corrected chi connectivity index (χ3v) is 5.58. The average molecular weight is 333 g/mol. The van der Waals surface area contributed by atoms with Gasteiger partial charge in [0.15, 0.2) is 0 Å². The molecule has 0 bridgehead atoms. The Labute approximate surface area is 128 Å². The number of nitrogens with one attached hydrogen (secondary N) is 1. The van der Waals surface area contributed by atoms with Crippen molar-refractivity contribution in [2.45, 2.75) is 19.8 Å². The molecule has 0 radical (unpaired) electrons. The third-order valence-electron chi connectivity index (χ3n) is 3.65. The second kappa shape index (κ2) is 6.21. The van der Waals surface area contributed by atoms with Crippen LogP contribution in [0, 0.1) is 12.8 Å². The predicted octanol–water partition coefficient (Wildman–Crippen LogP) is 2.10. The van der Waals surface area contributed by atoms with Gasteiger partial charge in [0, 0.05) is 18.1 Å². The maximum Gasteiger partial charge on any atom is 0.306 e. The van der Waals surface area contributed by atoms with Gasteiger partial charge in [-0.25, -0.2) is 0 Å². The van der Waals surface area contributed by atoms with E-state index in [0.29, 0.717) is 29.1 Å². The Morgan fingerprint density at radius 3 is 2.57 bits per heavy atom. The number of piperidine rings is 1. The quantitative estimate of drug-likeness (QED) is 0.884. The summed E-state index contributed by atoms with van der Waals surface area (Å²) >= 11 is 5.97. The molecule has 116 valence electrons. The van der Waals surface area contributed by atoms with Gasteiger partial charge in [-0.1, -0.05) is 17.7 Å². The van der Waals surface area contributed by atoms with Gasteiger partial charge in [-0.05, 0) is 37.5 Å². The highest BCUT2D eigenvalue weighted by Gasteiger charge is 2.31. The van der Waals surface area contributed by atoms with E-state index in [-0.39, 0.29) is 13.1 Å². The van der Waals surface area contributed by atoms with Crippen molar-refractivity contribution in [2.75, 3.05) is 17.8 Å². The second-order valence-corrected chi connectivity index (χ2v) is 7.11. The van der Waals surface area contributed by atoms with Crippen molar-refractivity contribution in [3.63, 3.8) is 0 Å². The van der Waals surface area contributed by atoms with Gasteiger partial charge in [-0.3, -0.25) is 9.52 Å². The molecular formula is C13H17ClN2O4S. The van der Waals surface area contributed by atoms with E-state index >= 15 is 0 Å². The fourth-order valence-electron chi connectivity index (χ4n) is 2.26. The Kier molecular flexibility index (Phi) is 4.75. The topological polar surface area (TPSA) is 86.7 Å². The number of carboxylic acid groups (broad SMARTS) is 1. The highest BCUT2D eigenvalue weighted by molar-refractivity contribution is 7.90. The van der Waals surface area contributed by atoms with Gasteiger partial charge < -0.3 is 5.11 Å². The molecule has 8 heteroatoms. The number of benzene rings is 1. The van der Waals surface area contributed by atoms with Crippen LogP contribution >= 0.6 is 11.6 Å². The molecule has 6 nitrogen and oxygen atoms in total. The lowest BCUT2D eigenvalue weighted by Crippen LogP contribution is -2.43. The van der Waals surface area contributed by atoms with E-state index in [4.69, 9.17) is 16.7 Å². The zero-order chi connectivity index (χ0) is 15.6. The number of carboxylic acids is 1. The average Bonchev–Trinajstić information content (AvgIpc) is 2.44. The lowest BCUT2D eigenvalue weighted by atomic mass is 9.99. The number of nitrogens with zero attached hydrogens (tertiary/aromatic N) is 1. The van der Waals surface area contributed by atoms with Crippen molar-refractivity contribution in [1.29, 1.82) is 0 Å². The van der Waals surface area contributed by atoms with Gasteiger partial charge in [0.25, 0.3) is 0 Å². The zero-order valence-electron chi connectivity index (χ0n) is 11.5. The minimum absolute atomic E-state index is 0.200. The van der Waals surface area contributed by atoms with Crippen LogP contribution in [0.2, 0.25) is 5.02 Å². The molecule has 0 spiro atoms. The summed E-state index contributed by atoms with van der Waals surface area (Å²) in [6.07, 6.45) is 0.648. The van der Waals surface area contributed by atoms with Crippen molar-refractivity contribution in [2.24, 2.45) is 5.92 Å². The largest absolute Gasteiger partial charge is 0.481 e. The third kappa shape index (κ3) is 3.66. The summed E-state index contributed by atoms with van der Waals surface area (Å²) in [5, 5.41) is 9.42. The molecule has 0 atom stereocenters. The Bertz CT molecular complexity index is 640. The number of hydrogen-bond donors (Lipinski definition) is 2. The first-order valence-electron chi connectivity index (χ1n) is 6.57. The Morgan fingerprint density at radius 2 is 2.00 bits per heavy atom. The standard InChI is InChI=1S/C13H17ClN2O4S/c1-9-11(14)3-2-4-12(9)15-21(19,20)16-7-5-10(6-8-16)13(17)18/h2-4,10,15H,5-8H2,1H3,(H,17,18). The smallest absolute Gasteiger partial charge is 0.306 e. The Morgan fingerprint density at radius 1 is 1.38 bits per heavy atom.